The van der Waals surface area contributed by atoms with Gasteiger partial charge < -0.3 is 14.2 Å². The zero-order valence-corrected chi connectivity index (χ0v) is 13.2. The number of likely N-dealkylation sites (N-methyl/N-ethyl adjacent to an activating group) is 1. The number of likely N-dealkylation sites (tertiary alicyclic amines) is 1. The molecule has 1 aliphatic rings. The van der Waals surface area contributed by atoms with Crippen LogP contribution in [-0.2, 0) is 0 Å². The monoisotopic (exact) mass is 306 g/mol. The molecule has 2 atom stereocenters. The molecule has 1 fully saturated rings. The number of amides is 1. The predicted molar refractivity (Wildman–Crippen MR) is 83.8 cm³/mol. The van der Waals surface area contributed by atoms with Crippen molar-refractivity contribution in [1.82, 2.24) is 9.80 Å². The molecule has 1 amide bonds. The van der Waals surface area contributed by atoms with Crippen molar-refractivity contribution in [3.63, 3.8) is 0 Å². The lowest BCUT2D eigenvalue weighted by Gasteiger charge is -2.22. The average molecular weight is 307 g/mol. The van der Waals surface area contributed by atoms with Crippen molar-refractivity contribution in [1.29, 1.82) is 0 Å². The highest BCUT2D eigenvalue weighted by molar-refractivity contribution is 6.31. The predicted octanol–water partition coefficient (Wildman–Crippen LogP) is 3.11. The van der Waals surface area contributed by atoms with Crippen LogP contribution in [0.5, 0.6) is 0 Å². The van der Waals surface area contributed by atoms with Crippen LogP contribution in [0.4, 0.5) is 0 Å². The first-order chi connectivity index (χ1) is 9.95. The van der Waals surface area contributed by atoms with E-state index in [9.17, 15) is 4.79 Å². The Morgan fingerprint density at radius 2 is 2.10 bits per heavy atom. The van der Waals surface area contributed by atoms with Crippen LogP contribution >= 0.6 is 11.6 Å². The van der Waals surface area contributed by atoms with Crippen molar-refractivity contribution in [2.24, 2.45) is 5.92 Å². The Balaban J connectivity index is 1.84. The molecule has 2 aromatic rings. The number of nitrogens with zero attached hydrogens (tertiary/aromatic N) is 2. The Morgan fingerprint density at radius 1 is 1.33 bits per heavy atom. The SMILES string of the molecule is C[C@H]1CN(C(=O)c2cc3cc(Cl)ccc3o2)C[C@H]1N(C)C. The van der Waals surface area contributed by atoms with E-state index in [1.807, 2.05) is 11.0 Å². The summed E-state index contributed by atoms with van der Waals surface area (Å²) in [6, 6.07) is 7.54. The summed E-state index contributed by atoms with van der Waals surface area (Å²) >= 11 is 5.97. The van der Waals surface area contributed by atoms with E-state index in [0.29, 0.717) is 28.3 Å². The van der Waals surface area contributed by atoms with Gasteiger partial charge in [0.1, 0.15) is 5.58 Å². The Hall–Kier alpha value is -1.52. The molecule has 0 unspecified atom stereocenters. The lowest BCUT2D eigenvalue weighted by atomic mass is 10.1. The van der Waals surface area contributed by atoms with Gasteiger partial charge in [0.15, 0.2) is 5.76 Å². The number of hydrogen-bond acceptors (Lipinski definition) is 3. The third-order valence-electron chi connectivity index (χ3n) is 4.21. The van der Waals surface area contributed by atoms with Crippen LogP contribution in [-0.4, -0.2) is 48.9 Å². The first kappa shape index (κ1) is 14.4. The molecular formula is C16H19ClN2O2. The van der Waals surface area contributed by atoms with E-state index in [2.05, 4.69) is 25.9 Å². The highest BCUT2D eigenvalue weighted by Crippen LogP contribution is 2.26. The summed E-state index contributed by atoms with van der Waals surface area (Å²) in [6.45, 7) is 3.68. The Morgan fingerprint density at radius 3 is 2.76 bits per heavy atom. The maximum Gasteiger partial charge on any atom is 0.289 e. The number of benzene rings is 1. The van der Waals surface area contributed by atoms with Crippen LogP contribution < -0.4 is 0 Å². The van der Waals surface area contributed by atoms with Gasteiger partial charge >= 0.3 is 0 Å². The maximum atomic E-state index is 12.6. The van der Waals surface area contributed by atoms with Crippen LogP contribution in [0.3, 0.4) is 0 Å². The Kier molecular flexibility index (Phi) is 3.68. The summed E-state index contributed by atoms with van der Waals surface area (Å²) in [7, 11) is 4.11. The molecule has 0 aliphatic carbocycles. The van der Waals surface area contributed by atoms with Crippen molar-refractivity contribution in [2.45, 2.75) is 13.0 Å². The van der Waals surface area contributed by atoms with Gasteiger partial charge in [-0.1, -0.05) is 18.5 Å². The summed E-state index contributed by atoms with van der Waals surface area (Å²) < 4.78 is 5.66. The number of carbonyl (C=O) groups excluding carboxylic acids is 1. The second-order valence-corrected chi connectivity index (χ2v) is 6.45. The zero-order valence-electron chi connectivity index (χ0n) is 12.5. The van der Waals surface area contributed by atoms with Gasteiger partial charge in [-0.3, -0.25) is 4.79 Å². The van der Waals surface area contributed by atoms with Crippen molar-refractivity contribution in [3.05, 3.63) is 35.0 Å². The van der Waals surface area contributed by atoms with Gasteiger partial charge in [-0.25, -0.2) is 0 Å². The Bertz CT molecular complexity index is 680. The third-order valence-corrected chi connectivity index (χ3v) is 4.45. The van der Waals surface area contributed by atoms with Gasteiger partial charge in [0.25, 0.3) is 5.91 Å². The molecular weight excluding hydrogens is 288 g/mol. The third kappa shape index (κ3) is 2.65. The van der Waals surface area contributed by atoms with E-state index in [1.54, 1.807) is 18.2 Å². The minimum Gasteiger partial charge on any atom is -0.451 e. The van der Waals surface area contributed by atoms with Crippen LogP contribution in [0.1, 0.15) is 17.5 Å². The van der Waals surface area contributed by atoms with Crippen LogP contribution in [0, 0.1) is 5.92 Å². The van der Waals surface area contributed by atoms with E-state index in [0.717, 1.165) is 18.5 Å². The lowest BCUT2D eigenvalue weighted by Crippen LogP contribution is -2.35. The summed E-state index contributed by atoms with van der Waals surface area (Å²) in [5.41, 5.74) is 0.694. The minimum atomic E-state index is -0.0430. The summed E-state index contributed by atoms with van der Waals surface area (Å²) in [5, 5.41) is 1.51. The first-order valence-electron chi connectivity index (χ1n) is 7.10. The molecule has 0 radical (unpaired) electrons. The lowest BCUT2D eigenvalue weighted by molar-refractivity contribution is 0.0752. The van der Waals surface area contributed by atoms with Crippen LogP contribution in [0.15, 0.2) is 28.7 Å². The Labute approximate surface area is 129 Å². The number of rotatable bonds is 2. The smallest absolute Gasteiger partial charge is 0.289 e. The quantitative estimate of drug-likeness (QED) is 0.855. The molecule has 1 saturated heterocycles. The molecule has 3 rings (SSSR count). The van der Waals surface area contributed by atoms with Gasteiger partial charge in [-0.2, -0.15) is 0 Å². The first-order valence-corrected chi connectivity index (χ1v) is 7.48. The molecule has 2 heterocycles. The van der Waals surface area contributed by atoms with Crippen LogP contribution in [0.25, 0.3) is 11.0 Å². The van der Waals surface area contributed by atoms with Crippen molar-refractivity contribution < 1.29 is 9.21 Å². The number of halogens is 1. The molecule has 5 heteroatoms. The van der Waals surface area contributed by atoms with Gasteiger partial charge in [0, 0.05) is 29.5 Å². The molecule has 4 nitrogen and oxygen atoms in total. The normalized spacial score (nSPS) is 22.4. The van der Waals surface area contributed by atoms with Crippen molar-refractivity contribution in [3.8, 4) is 0 Å². The maximum absolute atomic E-state index is 12.6. The highest BCUT2D eigenvalue weighted by atomic mass is 35.5. The molecule has 0 bridgehead atoms. The van der Waals surface area contributed by atoms with Crippen LogP contribution in [0.2, 0.25) is 5.02 Å². The number of furan rings is 1. The largest absolute Gasteiger partial charge is 0.451 e. The molecule has 21 heavy (non-hydrogen) atoms. The number of carbonyl (C=O) groups is 1. The average Bonchev–Trinajstić information content (AvgIpc) is 3.00. The summed E-state index contributed by atoms with van der Waals surface area (Å²) in [5.74, 6) is 0.806. The van der Waals surface area contributed by atoms with E-state index in [-0.39, 0.29) is 5.91 Å². The second kappa shape index (κ2) is 5.35. The molecule has 0 spiro atoms. The van der Waals surface area contributed by atoms with Gasteiger partial charge in [0.05, 0.1) is 0 Å². The molecule has 0 saturated carbocycles. The van der Waals surface area contributed by atoms with E-state index in [4.69, 9.17) is 16.0 Å². The fraction of sp³-hybridized carbons (Fsp3) is 0.438. The molecule has 1 aromatic carbocycles. The fourth-order valence-electron chi connectivity index (χ4n) is 3.06. The van der Waals surface area contributed by atoms with E-state index in [1.165, 1.54) is 0 Å². The number of fused-ring (bicyclic) bond motifs is 1. The standard InChI is InChI=1S/C16H19ClN2O2/c1-10-8-19(9-13(10)18(2)3)16(20)15-7-11-6-12(17)4-5-14(11)21-15/h4-7,10,13H,8-9H2,1-3H3/t10-,13+/m0/s1. The number of hydrogen-bond donors (Lipinski definition) is 0. The van der Waals surface area contributed by atoms with Crippen molar-refractivity contribution in [2.75, 3.05) is 27.2 Å². The summed E-state index contributed by atoms with van der Waals surface area (Å²) in [6.07, 6.45) is 0. The highest BCUT2D eigenvalue weighted by Gasteiger charge is 2.35. The topological polar surface area (TPSA) is 36.7 Å². The molecule has 0 N–H and O–H groups in total. The summed E-state index contributed by atoms with van der Waals surface area (Å²) in [4.78, 5) is 16.6. The fourth-order valence-corrected chi connectivity index (χ4v) is 3.24. The van der Waals surface area contributed by atoms with E-state index < -0.39 is 0 Å². The van der Waals surface area contributed by atoms with Gasteiger partial charge in [-0.05, 0) is 44.3 Å². The van der Waals surface area contributed by atoms with E-state index >= 15 is 0 Å². The second-order valence-electron chi connectivity index (χ2n) is 6.01. The zero-order chi connectivity index (χ0) is 15.1. The van der Waals surface area contributed by atoms with Gasteiger partial charge in [-0.15, -0.1) is 0 Å². The minimum absolute atomic E-state index is 0.0430. The van der Waals surface area contributed by atoms with Gasteiger partial charge in [0.2, 0.25) is 0 Å². The molecule has 1 aliphatic heterocycles. The van der Waals surface area contributed by atoms with Crippen molar-refractivity contribution >= 4 is 28.5 Å². The molecule has 1 aromatic heterocycles. The molecule has 112 valence electrons.